The van der Waals surface area contributed by atoms with Gasteiger partial charge in [-0.15, -0.1) is 11.3 Å². The van der Waals surface area contributed by atoms with Gasteiger partial charge in [-0.25, -0.2) is 4.98 Å². The van der Waals surface area contributed by atoms with E-state index >= 15 is 0 Å². The summed E-state index contributed by atoms with van der Waals surface area (Å²) in [6, 6.07) is 8.99. The van der Waals surface area contributed by atoms with Gasteiger partial charge in [0.1, 0.15) is 0 Å². The van der Waals surface area contributed by atoms with Gasteiger partial charge >= 0.3 is 0 Å². The van der Waals surface area contributed by atoms with Gasteiger partial charge in [0.15, 0.2) is 5.13 Å². The Bertz CT molecular complexity index is 610. The first-order valence-electron chi connectivity index (χ1n) is 6.76. The molecule has 0 saturated heterocycles. The van der Waals surface area contributed by atoms with Crippen molar-refractivity contribution in [1.82, 2.24) is 10.3 Å². The molecule has 1 aromatic heterocycles. The molecule has 0 spiro atoms. The van der Waals surface area contributed by atoms with Crippen molar-refractivity contribution in [2.75, 3.05) is 11.9 Å². The highest BCUT2D eigenvalue weighted by Crippen LogP contribution is 2.17. The summed E-state index contributed by atoms with van der Waals surface area (Å²) < 4.78 is 0. The van der Waals surface area contributed by atoms with E-state index in [-0.39, 0.29) is 11.8 Å². The monoisotopic (exact) mass is 303 g/mol. The number of amides is 2. The third kappa shape index (κ3) is 4.68. The van der Waals surface area contributed by atoms with Crippen LogP contribution in [0.2, 0.25) is 0 Å². The molecule has 0 aliphatic rings. The number of benzene rings is 1. The number of nitrogens with zero attached hydrogens (tertiary/aromatic N) is 1. The quantitative estimate of drug-likeness (QED) is 0.861. The number of aromatic nitrogens is 1. The van der Waals surface area contributed by atoms with Crippen molar-refractivity contribution in [3.8, 4) is 0 Å². The third-order valence-electron chi connectivity index (χ3n) is 2.79. The number of rotatable bonds is 6. The molecule has 0 saturated carbocycles. The second-order valence-electron chi connectivity index (χ2n) is 4.42. The molecule has 6 heteroatoms. The second kappa shape index (κ2) is 7.54. The average Bonchev–Trinajstić information content (AvgIpc) is 2.94. The van der Waals surface area contributed by atoms with E-state index in [9.17, 15) is 9.59 Å². The Morgan fingerprint density at radius 1 is 1.24 bits per heavy atom. The smallest absolute Gasteiger partial charge is 0.257 e. The molecule has 21 heavy (non-hydrogen) atoms. The van der Waals surface area contributed by atoms with E-state index < -0.39 is 0 Å². The first kappa shape index (κ1) is 15.2. The molecule has 0 bridgehead atoms. The molecule has 0 radical (unpaired) electrons. The van der Waals surface area contributed by atoms with Crippen LogP contribution in [0.25, 0.3) is 0 Å². The van der Waals surface area contributed by atoms with Crippen molar-refractivity contribution in [2.24, 2.45) is 0 Å². The second-order valence-corrected chi connectivity index (χ2v) is 5.28. The molecule has 2 aromatic rings. The highest BCUT2D eigenvalue weighted by atomic mass is 32.1. The van der Waals surface area contributed by atoms with Crippen LogP contribution in [0.15, 0.2) is 35.7 Å². The van der Waals surface area contributed by atoms with Gasteiger partial charge in [-0.2, -0.15) is 0 Å². The van der Waals surface area contributed by atoms with E-state index in [0.29, 0.717) is 30.1 Å². The van der Waals surface area contributed by atoms with Crippen molar-refractivity contribution in [2.45, 2.75) is 19.8 Å². The van der Waals surface area contributed by atoms with E-state index in [1.807, 2.05) is 30.5 Å². The van der Waals surface area contributed by atoms with Crippen molar-refractivity contribution in [3.63, 3.8) is 0 Å². The Labute approximate surface area is 127 Å². The van der Waals surface area contributed by atoms with Crippen molar-refractivity contribution in [3.05, 3.63) is 47.0 Å². The van der Waals surface area contributed by atoms with Crippen molar-refractivity contribution in [1.29, 1.82) is 0 Å². The summed E-state index contributed by atoms with van der Waals surface area (Å²) >= 11 is 1.36. The maximum atomic E-state index is 12.0. The molecule has 0 aliphatic carbocycles. The molecular weight excluding hydrogens is 286 g/mol. The van der Waals surface area contributed by atoms with Crippen molar-refractivity contribution >= 4 is 28.3 Å². The highest BCUT2D eigenvalue weighted by molar-refractivity contribution is 7.13. The van der Waals surface area contributed by atoms with Crippen LogP contribution < -0.4 is 10.6 Å². The van der Waals surface area contributed by atoms with E-state index in [4.69, 9.17) is 0 Å². The van der Waals surface area contributed by atoms with Gasteiger partial charge in [0.2, 0.25) is 5.91 Å². The number of nitrogens with one attached hydrogen (secondary N) is 2. The normalized spacial score (nSPS) is 10.1. The predicted molar refractivity (Wildman–Crippen MR) is 83.5 cm³/mol. The minimum Gasteiger partial charge on any atom is -0.356 e. The largest absolute Gasteiger partial charge is 0.356 e. The number of thiazole rings is 1. The van der Waals surface area contributed by atoms with Gasteiger partial charge in [-0.05, 0) is 25.5 Å². The van der Waals surface area contributed by atoms with Crippen LogP contribution in [-0.2, 0) is 11.2 Å². The van der Waals surface area contributed by atoms with Crippen LogP contribution >= 0.6 is 11.3 Å². The predicted octanol–water partition coefficient (Wildman–Crippen LogP) is 2.46. The number of hydrogen-bond acceptors (Lipinski definition) is 4. The lowest BCUT2D eigenvalue weighted by molar-refractivity contribution is -0.120. The first-order valence-corrected chi connectivity index (χ1v) is 7.64. The maximum absolute atomic E-state index is 12.0. The number of hydrogen-bond donors (Lipinski definition) is 2. The SMILES string of the molecule is CCNC(=O)CCc1csc(NC(=O)c2ccccc2)n1. The van der Waals surface area contributed by atoms with Crippen LogP contribution in [0.5, 0.6) is 0 Å². The summed E-state index contributed by atoms with van der Waals surface area (Å²) in [6.07, 6.45) is 0.979. The molecule has 1 aromatic carbocycles. The van der Waals surface area contributed by atoms with Crippen LogP contribution in [0, 0.1) is 0 Å². The average molecular weight is 303 g/mol. The zero-order chi connectivity index (χ0) is 15.1. The number of carbonyl (C=O) groups excluding carboxylic acids is 2. The van der Waals surface area contributed by atoms with Gasteiger partial charge in [0.05, 0.1) is 5.69 Å². The third-order valence-corrected chi connectivity index (χ3v) is 3.60. The number of carbonyl (C=O) groups is 2. The molecule has 5 nitrogen and oxygen atoms in total. The van der Waals surface area contributed by atoms with Gasteiger partial charge in [-0.1, -0.05) is 18.2 Å². The number of aryl methyl sites for hydroxylation is 1. The fraction of sp³-hybridized carbons (Fsp3) is 0.267. The summed E-state index contributed by atoms with van der Waals surface area (Å²) in [5.41, 5.74) is 1.41. The summed E-state index contributed by atoms with van der Waals surface area (Å²) in [4.78, 5) is 27.7. The lowest BCUT2D eigenvalue weighted by atomic mass is 10.2. The fourth-order valence-electron chi connectivity index (χ4n) is 1.77. The molecule has 2 amide bonds. The Morgan fingerprint density at radius 2 is 2.00 bits per heavy atom. The summed E-state index contributed by atoms with van der Waals surface area (Å²) in [6.45, 7) is 2.52. The Balaban J connectivity index is 1.88. The summed E-state index contributed by atoms with van der Waals surface area (Å²) in [7, 11) is 0. The van der Waals surface area contributed by atoms with Crippen molar-refractivity contribution < 1.29 is 9.59 Å². The van der Waals surface area contributed by atoms with Crippen LogP contribution in [0.1, 0.15) is 29.4 Å². The molecular formula is C15H17N3O2S. The van der Waals surface area contributed by atoms with Crippen LogP contribution in [0.4, 0.5) is 5.13 Å². The Morgan fingerprint density at radius 3 is 2.71 bits per heavy atom. The van der Waals surface area contributed by atoms with Crippen LogP contribution in [-0.4, -0.2) is 23.3 Å². The highest BCUT2D eigenvalue weighted by Gasteiger charge is 2.09. The van der Waals surface area contributed by atoms with Gasteiger partial charge < -0.3 is 5.32 Å². The lowest BCUT2D eigenvalue weighted by Gasteiger charge is -2.01. The standard InChI is InChI=1S/C15H17N3O2S/c1-2-16-13(19)9-8-12-10-21-15(17-12)18-14(20)11-6-4-3-5-7-11/h3-7,10H,2,8-9H2,1H3,(H,16,19)(H,17,18,20). The molecule has 2 rings (SSSR count). The fourth-order valence-corrected chi connectivity index (χ4v) is 2.50. The lowest BCUT2D eigenvalue weighted by Crippen LogP contribution is -2.22. The summed E-state index contributed by atoms with van der Waals surface area (Å²) in [5.74, 6) is -0.166. The molecule has 0 unspecified atom stereocenters. The van der Waals surface area contributed by atoms with Gasteiger partial charge in [-0.3, -0.25) is 14.9 Å². The van der Waals surface area contributed by atoms with E-state index in [1.165, 1.54) is 11.3 Å². The molecule has 0 fully saturated rings. The van der Waals surface area contributed by atoms with E-state index in [2.05, 4.69) is 15.6 Å². The molecule has 110 valence electrons. The molecule has 1 heterocycles. The van der Waals surface area contributed by atoms with E-state index in [1.54, 1.807) is 12.1 Å². The molecule has 0 atom stereocenters. The topological polar surface area (TPSA) is 71.1 Å². The molecule has 2 N–H and O–H groups in total. The summed E-state index contributed by atoms with van der Waals surface area (Å²) in [5, 5.41) is 7.91. The minimum absolute atomic E-state index is 0.0142. The minimum atomic E-state index is -0.180. The van der Waals surface area contributed by atoms with Crippen LogP contribution in [0.3, 0.4) is 0 Å². The Hall–Kier alpha value is -2.21. The molecule has 0 aliphatic heterocycles. The van der Waals surface area contributed by atoms with Gasteiger partial charge in [0.25, 0.3) is 5.91 Å². The first-order chi connectivity index (χ1) is 10.2. The zero-order valence-electron chi connectivity index (χ0n) is 11.8. The zero-order valence-corrected chi connectivity index (χ0v) is 12.6. The maximum Gasteiger partial charge on any atom is 0.257 e. The number of anilines is 1. The van der Waals surface area contributed by atoms with Gasteiger partial charge in [0, 0.05) is 23.9 Å². The Kier molecular flexibility index (Phi) is 5.45. The van der Waals surface area contributed by atoms with E-state index in [0.717, 1.165) is 5.69 Å².